The number of nitrogens with one attached hydrogen (secondary N) is 1. The van der Waals surface area contributed by atoms with Crippen LogP contribution in [0.4, 0.5) is 0 Å². The largest absolute Gasteiger partial charge is 0.251 e. The van der Waals surface area contributed by atoms with Crippen molar-refractivity contribution in [3.8, 4) is 6.07 Å². The molecule has 1 fully saturated rings. The number of thiophene rings is 1. The first-order valence-corrected chi connectivity index (χ1v) is 9.58. The number of nitriles is 1. The zero-order valence-corrected chi connectivity index (χ0v) is 14.7. The molecule has 0 bridgehead atoms. The highest BCUT2D eigenvalue weighted by molar-refractivity contribution is 9.11. The van der Waals surface area contributed by atoms with Gasteiger partial charge in [0.2, 0.25) is 0 Å². The predicted octanol–water partition coefficient (Wildman–Crippen LogP) is 3.57. The Balaban J connectivity index is 2.25. The lowest BCUT2D eigenvalue weighted by atomic mass is 9.79. The van der Waals surface area contributed by atoms with E-state index in [2.05, 4.69) is 33.6 Å². The third kappa shape index (κ3) is 3.25. The van der Waals surface area contributed by atoms with Gasteiger partial charge in [-0.3, -0.25) is 0 Å². The minimum Gasteiger partial charge on any atom is -0.206 e. The molecule has 0 unspecified atom stereocenters. The molecule has 1 aliphatic carbocycles. The zero-order valence-electron chi connectivity index (χ0n) is 11.4. The summed E-state index contributed by atoms with van der Waals surface area (Å²) in [5, 5.41) is 9.42. The van der Waals surface area contributed by atoms with Gasteiger partial charge >= 0.3 is 0 Å². The molecule has 1 N–H and O–H groups in total. The molecule has 1 heterocycles. The van der Waals surface area contributed by atoms with Crippen LogP contribution in [0.3, 0.4) is 0 Å². The van der Waals surface area contributed by atoms with E-state index < -0.39 is 15.6 Å². The second-order valence-corrected chi connectivity index (χ2v) is 9.78. The summed E-state index contributed by atoms with van der Waals surface area (Å²) in [5.74, 6) is 0.555. The molecule has 110 valence electrons. The average Bonchev–Trinajstić information content (AvgIpc) is 2.74. The highest BCUT2D eigenvalue weighted by Gasteiger charge is 2.38. The van der Waals surface area contributed by atoms with E-state index in [1.54, 1.807) is 6.07 Å². The van der Waals surface area contributed by atoms with Crippen LogP contribution in [0, 0.1) is 24.2 Å². The van der Waals surface area contributed by atoms with E-state index in [0.717, 1.165) is 22.2 Å². The maximum Gasteiger partial charge on any atom is 0.251 e. The van der Waals surface area contributed by atoms with Crippen molar-refractivity contribution in [2.24, 2.45) is 5.92 Å². The topological polar surface area (TPSA) is 70.0 Å². The van der Waals surface area contributed by atoms with Gasteiger partial charge in [0.25, 0.3) is 10.0 Å². The first-order chi connectivity index (χ1) is 9.28. The normalized spacial score (nSPS) is 27.2. The van der Waals surface area contributed by atoms with Crippen LogP contribution in [0.5, 0.6) is 0 Å². The van der Waals surface area contributed by atoms with Crippen molar-refractivity contribution >= 4 is 37.3 Å². The lowest BCUT2D eigenvalue weighted by molar-refractivity contribution is 0.278. The summed E-state index contributed by atoms with van der Waals surface area (Å²) >= 11 is 4.51. The zero-order chi connectivity index (χ0) is 15.0. The Labute approximate surface area is 132 Å². The molecule has 1 aliphatic rings. The fraction of sp³-hybridized carbons (Fsp3) is 0.615. The van der Waals surface area contributed by atoms with E-state index in [1.165, 1.54) is 11.3 Å². The van der Waals surface area contributed by atoms with Crippen LogP contribution in [0.15, 0.2) is 14.1 Å². The minimum absolute atomic E-state index is 0.259. The van der Waals surface area contributed by atoms with Crippen LogP contribution in [-0.4, -0.2) is 14.0 Å². The number of aryl methyl sites for hydroxylation is 1. The Morgan fingerprint density at radius 2 is 2.10 bits per heavy atom. The van der Waals surface area contributed by atoms with Gasteiger partial charge in [0, 0.05) is 0 Å². The number of nitrogens with zero attached hydrogens (tertiary/aromatic N) is 1. The van der Waals surface area contributed by atoms with Gasteiger partial charge in [-0.05, 0) is 66.1 Å². The lowest BCUT2D eigenvalue weighted by Crippen LogP contribution is -2.49. The SMILES string of the molecule is Cc1cc(S(=O)(=O)NC2(C#N)CCC(C)CC2)sc1Br. The molecule has 0 saturated heterocycles. The maximum absolute atomic E-state index is 12.4. The first kappa shape index (κ1) is 16.0. The molecule has 0 amide bonds. The van der Waals surface area contributed by atoms with Crippen molar-refractivity contribution in [1.29, 1.82) is 5.26 Å². The van der Waals surface area contributed by atoms with Crippen molar-refractivity contribution < 1.29 is 8.42 Å². The van der Waals surface area contributed by atoms with E-state index >= 15 is 0 Å². The quantitative estimate of drug-likeness (QED) is 0.876. The van der Waals surface area contributed by atoms with Gasteiger partial charge in [-0.2, -0.15) is 9.98 Å². The van der Waals surface area contributed by atoms with Crippen LogP contribution in [0.25, 0.3) is 0 Å². The Hall–Kier alpha value is -0.420. The van der Waals surface area contributed by atoms with E-state index in [4.69, 9.17) is 0 Å². The van der Waals surface area contributed by atoms with E-state index in [-0.39, 0.29) is 4.21 Å². The Bertz CT molecular complexity index is 618. The van der Waals surface area contributed by atoms with Crippen molar-refractivity contribution in [3.63, 3.8) is 0 Å². The molecule has 1 saturated carbocycles. The number of halogens is 1. The van der Waals surface area contributed by atoms with E-state index in [0.29, 0.717) is 18.8 Å². The molecule has 1 aromatic rings. The van der Waals surface area contributed by atoms with Gasteiger partial charge in [0.05, 0.1) is 9.86 Å². The van der Waals surface area contributed by atoms with Gasteiger partial charge in [0.1, 0.15) is 9.75 Å². The lowest BCUT2D eigenvalue weighted by Gasteiger charge is -2.33. The molecule has 0 radical (unpaired) electrons. The van der Waals surface area contributed by atoms with Gasteiger partial charge in [-0.15, -0.1) is 11.3 Å². The van der Waals surface area contributed by atoms with Crippen LogP contribution in [0.1, 0.15) is 38.2 Å². The fourth-order valence-electron chi connectivity index (χ4n) is 2.36. The van der Waals surface area contributed by atoms with Crippen molar-refractivity contribution in [2.45, 2.75) is 49.3 Å². The first-order valence-electron chi connectivity index (χ1n) is 6.49. The summed E-state index contributed by atoms with van der Waals surface area (Å²) in [6.07, 6.45) is 2.91. The van der Waals surface area contributed by atoms with E-state index in [9.17, 15) is 13.7 Å². The molecule has 0 atom stereocenters. The number of rotatable bonds is 3. The molecule has 2 rings (SSSR count). The monoisotopic (exact) mass is 376 g/mol. The second-order valence-electron chi connectivity index (χ2n) is 5.50. The summed E-state index contributed by atoms with van der Waals surface area (Å²) in [4.78, 5) is 0. The molecule has 20 heavy (non-hydrogen) atoms. The summed E-state index contributed by atoms with van der Waals surface area (Å²) < 4.78 is 28.6. The third-order valence-corrected chi connectivity index (χ3v) is 7.92. The van der Waals surface area contributed by atoms with Crippen LogP contribution in [0.2, 0.25) is 0 Å². The smallest absolute Gasteiger partial charge is 0.206 e. The summed E-state index contributed by atoms with van der Waals surface area (Å²) in [6.45, 7) is 3.98. The molecular formula is C13H17BrN2O2S2. The number of sulfonamides is 1. The van der Waals surface area contributed by atoms with Gasteiger partial charge < -0.3 is 0 Å². The standard InChI is InChI=1S/C13H17BrN2O2S2/c1-9-3-5-13(8-15,6-4-9)16-20(17,18)11-7-10(2)12(14)19-11/h7,9,16H,3-6H2,1-2H3. The van der Waals surface area contributed by atoms with Crippen LogP contribution < -0.4 is 4.72 Å². The molecule has 7 heteroatoms. The second kappa shape index (κ2) is 5.76. The molecule has 0 spiro atoms. The summed E-state index contributed by atoms with van der Waals surface area (Å²) in [6, 6.07) is 3.82. The van der Waals surface area contributed by atoms with Crippen LogP contribution in [-0.2, 0) is 10.0 Å². The molecule has 1 aromatic heterocycles. The van der Waals surface area contributed by atoms with Crippen molar-refractivity contribution in [2.75, 3.05) is 0 Å². The summed E-state index contributed by atoms with van der Waals surface area (Å²) in [5.41, 5.74) is -0.0611. The minimum atomic E-state index is -3.63. The Morgan fingerprint density at radius 1 is 1.50 bits per heavy atom. The van der Waals surface area contributed by atoms with Gasteiger partial charge in [-0.1, -0.05) is 6.92 Å². The highest BCUT2D eigenvalue weighted by Crippen LogP contribution is 2.35. The third-order valence-electron chi connectivity index (χ3n) is 3.77. The van der Waals surface area contributed by atoms with Gasteiger partial charge in [-0.25, -0.2) is 8.42 Å². The molecule has 4 nitrogen and oxygen atoms in total. The van der Waals surface area contributed by atoms with Crippen molar-refractivity contribution in [1.82, 2.24) is 4.72 Å². The fourth-order valence-corrected chi connectivity index (χ4v) is 5.97. The Morgan fingerprint density at radius 3 is 2.55 bits per heavy atom. The summed E-state index contributed by atoms with van der Waals surface area (Å²) in [7, 11) is -3.63. The van der Waals surface area contributed by atoms with Gasteiger partial charge in [0.15, 0.2) is 0 Å². The molecule has 0 aliphatic heterocycles. The number of hydrogen-bond acceptors (Lipinski definition) is 4. The van der Waals surface area contributed by atoms with Crippen LogP contribution >= 0.6 is 27.3 Å². The predicted molar refractivity (Wildman–Crippen MR) is 83.1 cm³/mol. The Kier molecular flexibility index (Phi) is 4.59. The van der Waals surface area contributed by atoms with Crippen molar-refractivity contribution in [3.05, 3.63) is 15.4 Å². The average molecular weight is 377 g/mol. The molecular weight excluding hydrogens is 360 g/mol. The van der Waals surface area contributed by atoms with E-state index in [1.807, 2.05) is 6.92 Å². The highest BCUT2D eigenvalue weighted by atomic mass is 79.9. The molecule has 0 aromatic carbocycles. The number of hydrogen-bond donors (Lipinski definition) is 1. The maximum atomic E-state index is 12.4.